The fourth-order valence-electron chi connectivity index (χ4n) is 2.61. The number of carbonyl (C=O) groups is 2. The van der Waals surface area contributed by atoms with Crippen LogP contribution in [-0.4, -0.2) is 37.0 Å². The summed E-state index contributed by atoms with van der Waals surface area (Å²) < 4.78 is 0. The Morgan fingerprint density at radius 3 is 2.72 bits per heavy atom. The minimum absolute atomic E-state index is 0.0149. The van der Waals surface area contributed by atoms with Crippen LogP contribution in [0.4, 0.5) is 0 Å². The van der Waals surface area contributed by atoms with Gasteiger partial charge in [-0.3, -0.25) is 9.59 Å². The number of hydrogen-bond donors (Lipinski definition) is 3. The van der Waals surface area contributed by atoms with E-state index in [0.717, 1.165) is 45.2 Å². The Morgan fingerprint density at radius 1 is 1.06 bits per heavy atom. The smallest absolute Gasteiger partial charge is 0.242 e. The largest absolute Gasteiger partial charge is 0.354 e. The van der Waals surface area contributed by atoms with E-state index < -0.39 is 0 Å². The number of amides is 2. The van der Waals surface area contributed by atoms with Crippen molar-refractivity contribution in [1.82, 2.24) is 16.0 Å². The van der Waals surface area contributed by atoms with Crippen LogP contribution in [0.25, 0.3) is 0 Å². The van der Waals surface area contributed by atoms with Crippen LogP contribution < -0.4 is 16.0 Å². The minimum Gasteiger partial charge on any atom is -0.354 e. The first kappa shape index (κ1) is 13.3. The monoisotopic (exact) mass is 253 g/mol. The molecule has 2 aliphatic rings. The third kappa shape index (κ3) is 3.70. The number of piperidine rings is 1. The second-order valence-electron chi connectivity index (χ2n) is 5.20. The Bertz CT molecular complexity index is 299. The summed E-state index contributed by atoms with van der Waals surface area (Å²) in [5.74, 6) is -0.0561. The van der Waals surface area contributed by atoms with E-state index in [1.54, 1.807) is 0 Å². The van der Waals surface area contributed by atoms with Crippen LogP contribution >= 0.6 is 0 Å². The van der Waals surface area contributed by atoms with E-state index in [-0.39, 0.29) is 23.9 Å². The first-order valence-corrected chi connectivity index (χ1v) is 7.09. The molecule has 0 aromatic rings. The van der Waals surface area contributed by atoms with Crippen molar-refractivity contribution < 1.29 is 9.59 Å². The molecule has 18 heavy (non-hydrogen) atoms. The lowest BCUT2D eigenvalue weighted by Gasteiger charge is -2.26. The first-order chi connectivity index (χ1) is 8.77. The maximum Gasteiger partial charge on any atom is 0.242 e. The van der Waals surface area contributed by atoms with Crippen molar-refractivity contribution in [2.24, 2.45) is 0 Å². The van der Waals surface area contributed by atoms with Gasteiger partial charge in [-0.25, -0.2) is 0 Å². The topological polar surface area (TPSA) is 70.2 Å². The lowest BCUT2D eigenvalue weighted by Crippen LogP contribution is -2.55. The van der Waals surface area contributed by atoms with Crippen molar-refractivity contribution in [3.05, 3.63) is 0 Å². The molecule has 2 unspecified atom stereocenters. The van der Waals surface area contributed by atoms with Crippen LogP contribution in [0.2, 0.25) is 0 Å². The normalized spacial score (nSPS) is 29.9. The van der Waals surface area contributed by atoms with E-state index >= 15 is 0 Å². The standard InChI is InChI=1S/C13H23N3O2/c17-12-11(7-5-9-15-12)16-13(18)10-6-3-1-2-4-8-14-10/h10-11,14H,1-9H2,(H,15,17)(H,16,18). The number of rotatable bonds is 2. The molecule has 2 atom stereocenters. The molecule has 2 aliphatic heterocycles. The SMILES string of the molecule is O=C(NC1CCCNC1=O)C1CCCCCCN1. The van der Waals surface area contributed by atoms with Crippen molar-refractivity contribution >= 4 is 11.8 Å². The Balaban J connectivity index is 1.83. The quantitative estimate of drug-likeness (QED) is 0.663. The predicted molar refractivity (Wildman–Crippen MR) is 69.1 cm³/mol. The molecular formula is C13H23N3O2. The molecule has 3 N–H and O–H groups in total. The Labute approximate surface area is 108 Å². The molecule has 0 aromatic heterocycles. The van der Waals surface area contributed by atoms with Crippen LogP contribution in [-0.2, 0) is 9.59 Å². The summed E-state index contributed by atoms with van der Waals surface area (Å²) in [5, 5.41) is 8.94. The fraction of sp³-hybridized carbons (Fsp3) is 0.846. The van der Waals surface area contributed by atoms with E-state index in [1.807, 2.05) is 0 Å². The van der Waals surface area contributed by atoms with E-state index in [2.05, 4.69) is 16.0 Å². The third-order valence-corrected chi connectivity index (χ3v) is 3.73. The molecule has 0 saturated carbocycles. The highest BCUT2D eigenvalue weighted by Crippen LogP contribution is 2.10. The summed E-state index contributed by atoms with van der Waals surface area (Å²) in [6.45, 7) is 1.63. The lowest BCUT2D eigenvalue weighted by molar-refractivity contribution is -0.131. The zero-order valence-corrected chi connectivity index (χ0v) is 10.8. The highest BCUT2D eigenvalue weighted by atomic mass is 16.2. The summed E-state index contributed by atoms with van der Waals surface area (Å²) in [6, 6.07) is -0.460. The maximum absolute atomic E-state index is 12.1. The average molecular weight is 253 g/mol. The van der Waals surface area contributed by atoms with Crippen LogP contribution in [0.5, 0.6) is 0 Å². The molecule has 2 fully saturated rings. The highest BCUT2D eigenvalue weighted by molar-refractivity contribution is 5.90. The van der Waals surface area contributed by atoms with E-state index in [9.17, 15) is 9.59 Å². The molecule has 0 spiro atoms. The molecular weight excluding hydrogens is 230 g/mol. The molecule has 2 rings (SSSR count). The van der Waals surface area contributed by atoms with Gasteiger partial charge >= 0.3 is 0 Å². The highest BCUT2D eigenvalue weighted by Gasteiger charge is 2.27. The lowest BCUT2D eigenvalue weighted by atomic mass is 10.0. The fourth-order valence-corrected chi connectivity index (χ4v) is 2.61. The van der Waals surface area contributed by atoms with Gasteiger partial charge < -0.3 is 16.0 Å². The summed E-state index contributed by atoms with van der Waals surface area (Å²) in [6.07, 6.45) is 7.23. The van der Waals surface area contributed by atoms with Crippen molar-refractivity contribution in [2.75, 3.05) is 13.1 Å². The molecule has 2 saturated heterocycles. The Morgan fingerprint density at radius 2 is 1.89 bits per heavy atom. The van der Waals surface area contributed by atoms with Crippen LogP contribution in [0.3, 0.4) is 0 Å². The summed E-state index contributed by atoms with van der Waals surface area (Å²) >= 11 is 0. The third-order valence-electron chi connectivity index (χ3n) is 3.73. The van der Waals surface area contributed by atoms with Crippen molar-refractivity contribution in [1.29, 1.82) is 0 Å². The van der Waals surface area contributed by atoms with E-state index in [4.69, 9.17) is 0 Å². The van der Waals surface area contributed by atoms with Gasteiger partial charge in [-0.1, -0.05) is 19.3 Å². The van der Waals surface area contributed by atoms with Gasteiger partial charge in [-0.15, -0.1) is 0 Å². The molecule has 0 aromatic carbocycles. The van der Waals surface area contributed by atoms with Gasteiger partial charge in [0.25, 0.3) is 0 Å². The van der Waals surface area contributed by atoms with Crippen LogP contribution in [0.1, 0.15) is 44.9 Å². The second kappa shape index (κ2) is 6.73. The molecule has 2 heterocycles. The maximum atomic E-state index is 12.1. The Hall–Kier alpha value is -1.10. The van der Waals surface area contributed by atoms with Crippen LogP contribution in [0, 0.1) is 0 Å². The zero-order valence-electron chi connectivity index (χ0n) is 10.8. The van der Waals surface area contributed by atoms with Gasteiger partial charge in [0.05, 0.1) is 6.04 Å². The van der Waals surface area contributed by atoms with Crippen molar-refractivity contribution in [3.8, 4) is 0 Å². The van der Waals surface area contributed by atoms with Crippen LogP contribution in [0.15, 0.2) is 0 Å². The van der Waals surface area contributed by atoms with Gasteiger partial charge in [0.15, 0.2) is 0 Å². The predicted octanol–water partition coefficient (Wildman–Crippen LogP) is 0.303. The van der Waals surface area contributed by atoms with E-state index in [1.165, 1.54) is 12.8 Å². The molecule has 5 heteroatoms. The number of hydrogen-bond acceptors (Lipinski definition) is 3. The molecule has 5 nitrogen and oxygen atoms in total. The van der Waals surface area contributed by atoms with Crippen molar-refractivity contribution in [2.45, 2.75) is 57.0 Å². The first-order valence-electron chi connectivity index (χ1n) is 7.09. The minimum atomic E-state index is -0.335. The van der Waals surface area contributed by atoms with Gasteiger partial charge in [-0.2, -0.15) is 0 Å². The average Bonchev–Trinajstić information content (AvgIpc) is 2.31. The van der Waals surface area contributed by atoms with E-state index in [0.29, 0.717) is 0 Å². The van der Waals surface area contributed by atoms with Gasteiger partial charge in [-0.05, 0) is 32.2 Å². The molecule has 0 radical (unpaired) electrons. The van der Waals surface area contributed by atoms with Gasteiger partial charge in [0.1, 0.15) is 6.04 Å². The Kier molecular flexibility index (Phi) is 4.99. The second-order valence-corrected chi connectivity index (χ2v) is 5.20. The molecule has 0 aliphatic carbocycles. The number of nitrogens with one attached hydrogen (secondary N) is 3. The summed E-state index contributed by atoms with van der Waals surface area (Å²) in [4.78, 5) is 23.7. The van der Waals surface area contributed by atoms with Gasteiger partial charge in [0.2, 0.25) is 11.8 Å². The van der Waals surface area contributed by atoms with Gasteiger partial charge in [0, 0.05) is 6.54 Å². The molecule has 0 bridgehead atoms. The molecule has 102 valence electrons. The summed E-state index contributed by atoms with van der Waals surface area (Å²) in [7, 11) is 0. The molecule has 2 amide bonds. The number of carbonyl (C=O) groups excluding carboxylic acids is 2. The van der Waals surface area contributed by atoms with Crippen molar-refractivity contribution in [3.63, 3.8) is 0 Å². The zero-order chi connectivity index (χ0) is 12.8. The summed E-state index contributed by atoms with van der Waals surface area (Å²) in [5.41, 5.74) is 0.